The van der Waals surface area contributed by atoms with Gasteiger partial charge in [0, 0.05) is 5.56 Å². The molecule has 12 heavy (non-hydrogen) atoms. The monoisotopic (exact) mass is 166 g/mol. The average molecular weight is 166 g/mol. The zero-order valence-electron chi connectivity index (χ0n) is 7.17. The predicted molar refractivity (Wildman–Crippen MR) is 49.6 cm³/mol. The van der Waals surface area contributed by atoms with E-state index in [1.54, 1.807) is 0 Å². The van der Waals surface area contributed by atoms with E-state index in [1.807, 2.05) is 18.2 Å². The lowest BCUT2D eigenvalue weighted by molar-refractivity contribution is 0.282. The number of hydrazine groups is 1. The number of nitrogens with two attached hydrogens (primary N) is 1. The maximum atomic E-state index is 8.92. The zero-order valence-corrected chi connectivity index (χ0v) is 7.17. The summed E-state index contributed by atoms with van der Waals surface area (Å²) in [5.41, 5.74) is 5.40. The van der Waals surface area contributed by atoms with Gasteiger partial charge >= 0.3 is 0 Å². The highest BCUT2D eigenvalue weighted by Gasteiger charge is 1.99. The van der Waals surface area contributed by atoms with Gasteiger partial charge in [-0.05, 0) is 18.1 Å². The van der Waals surface area contributed by atoms with Crippen LogP contribution < -0.4 is 11.3 Å². The lowest BCUT2D eigenvalue weighted by atomic mass is 10.1. The molecule has 0 atom stereocenters. The lowest BCUT2D eigenvalue weighted by Crippen LogP contribution is -2.09. The number of rotatable bonds is 3. The van der Waals surface area contributed by atoms with Crippen LogP contribution in [-0.2, 0) is 13.0 Å². The van der Waals surface area contributed by atoms with Crippen LogP contribution in [0.2, 0.25) is 0 Å². The third-order valence-corrected chi connectivity index (χ3v) is 1.91. The average Bonchev–Trinajstić information content (AvgIpc) is 2.16. The number of hydrogen-bond donors (Lipinski definition) is 3. The van der Waals surface area contributed by atoms with Gasteiger partial charge in [0.1, 0.15) is 0 Å². The maximum absolute atomic E-state index is 8.92. The van der Waals surface area contributed by atoms with Crippen molar-refractivity contribution in [1.82, 2.24) is 0 Å². The molecule has 4 N–H and O–H groups in total. The van der Waals surface area contributed by atoms with Gasteiger partial charge in [0.25, 0.3) is 0 Å². The molecule has 66 valence electrons. The van der Waals surface area contributed by atoms with Gasteiger partial charge in [-0.25, -0.2) is 0 Å². The molecule has 3 nitrogen and oxygen atoms in total. The van der Waals surface area contributed by atoms with E-state index >= 15 is 0 Å². The molecule has 0 fully saturated rings. The Morgan fingerprint density at radius 1 is 1.50 bits per heavy atom. The topological polar surface area (TPSA) is 58.3 Å². The minimum Gasteiger partial charge on any atom is -0.392 e. The molecule has 0 aliphatic heterocycles. The van der Waals surface area contributed by atoms with E-state index < -0.39 is 0 Å². The number of benzene rings is 1. The van der Waals surface area contributed by atoms with Crippen LogP contribution in [0.1, 0.15) is 18.1 Å². The van der Waals surface area contributed by atoms with Crippen molar-refractivity contribution in [3.8, 4) is 0 Å². The Kier molecular flexibility index (Phi) is 3.08. The molecule has 1 aromatic carbocycles. The molecular formula is C9H14N2O. The molecule has 0 saturated heterocycles. The SMILES string of the molecule is CCc1ccc(CO)c(NN)c1. The fourth-order valence-corrected chi connectivity index (χ4v) is 1.12. The highest BCUT2D eigenvalue weighted by Crippen LogP contribution is 2.16. The molecule has 0 aliphatic rings. The second kappa shape index (κ2) is 4.09. The van der Waals surface area contributed by atoms with Crippen molar-refractivity contribution in [2.24, 2.45) is 5.84 Å². The molecule has 0 amide bonds. The number of aliphatic hydroxyl groups excluding tert-OH is 1. The summed E-state index contributed by atoms with van der Waals surface area (Å²) in [4.78, 5) is 0. The predicted octanol–water partition coefficient (Wildman–Crippen LogP) is 1.03. The fourth-order valence-electron chi connectivity index (χ4n) is 1.12. The summed E-state index contributed by atoms with van der Waals surface area (Å²) in [7, 11) is 0. The summed E-state index contributed by atoms with van der Waals surface area (Å²) in [6.45, 7) is 2.10. The quantitative estimate of drug-likeness (QED) is 0.464. The second-order valence-electron chi connectivity index (χ2n) is 2.65. The molecule has 1 rings (SSSR count). The van der Waals surface area contributed by atoms with Gasteiger partial charge < -0.3 is 10.5 Å². The second-order valence-corrected chi connectivity index (χ2v) is 2.65. The van der Waals surface area contributed by atoms with E-state index in [0.717, 1.165) is 17.7 Å². The van der Waals surface area contributed by atoms with Gasteiger partial charge in [-0.15, -0.1) is 0 Å². The molecule has 0 radical (unpaired) electrons. The van der Waals surface area contributed by atoms with Gasteiger partial charge in [0.2, 0.25) is 0 Å². The normalized spacial score (nSPS) is 9.92. The number of anilines is 1. The third-order valence-electron chi connectivity index (χ3n) is 1.91. The van der Waals surface area contributed by atoms with Crippen molar-refractivity contribution in [3.63, 3.8) is 0 Å². The minimum atomic E-state index is 0.0174. The first-order valence-corrected chi connectivity index (χ1v) is 4.01. The van der Waals surface area contributed by atoms with E-state index in [0.29, 0.717) is 0 Å². The molecule has 0 aliphatic carbocycles. The lowest BCUT2D eigenvalue weighted by Gasteiger charge is -2.07. The van der Waals surface area contributed by atoms with Crippen molar-refractivity contribution in [2.45, 2.75) is 20.0 Å². The minimum absolute atomic E-state index is 0.0174. The number of nitrogen functional groups attached to an aromatic ring is 1. The molecule has 0 aromatic heterocycles. The van der Waals surface area contributed by atoms with Crippen LogP contribution in [0.15, 0.2) is 18.2 Å². The van der Waals surface area contributed by atoms with Crippen LogP contribution in [0.4, 0.5) is 5.69 Å². The Labute approximate surface area is 72.2 Å². The summed E-state index contributed by atoms with van der Waals surface area (Å²) in [6.07, 6.45) is 0.973. The largest absolute Gasteiger partial charge is 0.392 e. The van der Waals surface area contributed by atoms with Crippen LogP contribution in [0, 0.1) is 0 Å². The first-order chi connectivity index (χ1) is 5.81. The Morgan fingerprint density at radius 3 is 2.75 bits per heavy atom. The van der Waals surface area contributed by atoms with Crippen molar-refractivity contribution < 1.29 is 5.11 Å². The molecule has 0 heterocycles. The summed E-state index contributed by atoms with van der Waals surface area (Å²) in [6, 6.07) is 5.83. The number of nitrogens with one attached hydrogen (secondary N) is 1. The Hall–Kier alpha value is -1.06. The molecule has 1 aromatic rings. The fraction of sp³-hybridized carbons (Fsp3) is 0.333. The van der Waals surface area contributed by atoms with E-state index in [1.165, 1.54) is 5.56 Å². The molecule has 0 saturated carbocycles. The summed E-state index contributed by atoms with van der Waals surface area (Å²) < 4.78 is 0. The molecule has 0 spiro atoms. The third kappa shape index (κ3) is 1.75. The zero-order chi connectivity index (χ0) is 8.97. The number of hydrogen-bond acceptors (Lipinski definition) is 3. The smallest absolute Gasteiger partial charge is 0.0702 e. The van der Waals surface area contributed by atoms with Gasteiger partial charge in [-0.1, -0.05) is 19.1 Å². The first kappa shape index (κ1) is 9.03. The number of aryl methyl sites for hydroxylation is 1. The van der Waals surface area contributed by atoms with E-state index in [2.05, 4.69) is 12.3 Å². The van der Waals surface area contributed by atoms with Crippen molar-refractivity contribution >= 4 is 5.69 Å². The first-order valence-electron chi connectivity index (χ1n) is 4.01. The van der Waals surface area contributed by atoms with Crippen LogP contribution in [0.3, 0.4) is 0 Å². The molecule has 0 bridgehead atoms. The van der Waals surface area contributed by atoms with Gasteiger partial charge in [-0.3, -0.25) is 5.84 Å². The van der Waals surface area contributed by atoms with Crippen LogP contribution in [0.25, 0.3) is 0 Å². The maximum Gasteiger partial charge on any atom is 0.0702 e. The van der Waals surface area contributed by atoms with Gasteiger partial charge in [-0.2, -0.15) is 0 Å². The van der Waals surface area contributed by atoms with Crippen molar-refractivity contribution in [1.29, 1.82) is 0 Å². The van der Waals surface area contributed by atoms with Crippen LogP contribution >= 0.6 is 0 Å². The van der Waals surface area contributed by atoms with Crippen LogP contribution in [0.5, 0.6) is 0 Å². The molecule has 3 heteroatoms. The standard InChI is InChI=1S/C9H14N2O/c1-2-7-3-4-8(6-12)9(5-7)11-10/h3-5,11-12H,2,6,10H2,1H3. The Morgan fingerprint density at radius 2 is 2.25 bits per heavy atom. The van der Waals surface area contributed by atoms with Crippen molar-refractivity contribution in [3.05, 3.63) is 29.3 Å². The van der Waals surface area contributed by atoms with E-state index in [-0.39, 0.29) is 6.61 Å². The Bertz CT molecular complexity index is 261. The van der Waals surface area contributed by atoms with Gasteiger partial charge in [0.15, 0.2) is 0 Å². The summed E-state index contributed by atoms with van der Waals surface area (Å²) >= 11 is 0. The van der Waals surface area contributed by atoms with Crippen molar-refractivity contribution in [2.75, 3.05) is 5.43 Å². The number of aliphatic hydroxyl groups is 1. The van der Waals surface area contributed by atoms with Gasteiger partial charge in [0.05, 0.1) is 12.3 Å². The molecule has 0 unspecified atom stereocenters. The summed E-state index contributed by atoms with van der Waals surface area (Å²) in [5, 5.41) is 8.92. The Balaban J connectivity index is 3.02. The van der Waals surface area contributed by atoms with Crippen LogP contribution in [-0.4, -0.2) is 5.11 Å². The van der Waals surface area contributed by atoms with E-state index in [9.17, 15) is 0 Å². The highest BCUT2D eigenvalue weighted by atomic mass is 16.3. The molecular weight excluding hydrogens is 152 g/mol. The highest BCUT2D eigenvalue weighted by molar-refractivity contribution is 5.52. The summed E-state index contributed by atoms with van der Waals surface area (Å²) in [5.74, 6) is 5.29. The van der Waals surface area contributed by atoms with E-state index in [4.69, 9.17) is 10.9 Å².